The van der Waals surface area contributed by atoms with Gasteiger partial charge in [-0.15, -0.1) is 11.3 Å². The summed E-state index contributed by atoms with van der Waals surface area (Å²) in [6.07, 6.45) is 1.00. The van der Waals surface area contributed by atoms with E-state index in [9.17, 15) is 13.2 Å². The average Bonchev–Trinajstić information content (AvgIpc) is 3.23. The number of carbonyl (C=O) groups excluding carboxylic acids is 1. The molecule has 0 aliphatic rings. The number of amides is 1. The van der Waals surface area contributed by atoms with Gasteiger partial charge in [-0.2, -0.15) is 0 Å². The highest BCUT2D eigenvalue weighted by Crippen LogP contribution is 2.31. The van der Waals surface area contributed by atoms with Crippen molar-refractivity contribution in [3.8, 4) is 17.0 Å². The van der Waals surface area contributed by atoms with Crippen LogP contribution in [-0.2, 0) is 9.84 Å². The fraction of sp³-hybridized carbons (Fsp3) is 0.125. The number of nitrogens with one attached hydrogen (secondary N) is 1. The number of ether oxygens (including phenoxy) is 1. The molecule has 0 saturated heterocycles. The van der Waals surface area contributed by atoms with E-state index < -0.39 is 15.7 Å². The predicted octanol–water partition coefficient (Wildman–Crippen LogP) is 3.72. The molecule has 2 heterocycles. The Morgan fingerprint density at radius 2 is 2.08 bits per heavy atom. The van der Waals surface area contributed by atoms with Gasteiger partial charge in [0, 0.05) is 17.2 Å². The van der Waals surface area contributed by atoms with Gasteiger partial charge in [-0.1, -0.05) is 11.6 Å². The van der Waals surface area contributed by atoms with Crippen LogP contribution in [0.4, 0.5) is 5.13 Å². The number of hydrogen-bond acceptors (Lipinski definition) is 7. The SMILES string of the molecule is COc1ccc(-c2csc(NC(=O)c3ccc(S(C)(=O)=O)o3)n2)cc1Cl. The van der Waals surface area contributed by atoms with E-state index in [1.807, 2.05) is 0 Å². The van der Waals surface area contributed by atoms with Crippen molar-refractivity contribution in [3.05, 3.63) is 46.5 Å². The molecule has 3 rings (SSSR count). The van der Waals surface area contributed by atoms with Crippen molar-refractivity contribution in [2.24, 2.45) is 0 Å². The largest absolute Gasteiger partial charge is 0.495 e. The summed E-state index contributed by atoms with van der Waals surface area (Å²) >= 11 is 7.33. The van der Waals surface area contributed by atoms with Gasteiger partial charge in [-0.3, -0.25) is 10.1 Å². The second-order valence-corrected chi connectivity index (χ2v) is 8.44. The minimum absolute atomic E-state index is 0.116. The second-order valence-electron chi connectivity index (χ2n) is 5.23. The van der Waals surface area contributed by atoms with E-state index in [1.165, 1.54) is 30.6 Å². The number of thiazole rings is 1. The van der Waals surface area contributed by atoms with Crippen LogP contribution in [0.15, 0.2) is 45.2 Å². The quantitative estimate of drug-likeness (QED) is 0.685. The van der Waals surface area contributed by atoms with Crippen LogP contribution >= 0.6 is 22.9 Å². The summed E-state index contributed by atoms with van der Waals surface area (Å²) in [5.41, 5.74) is 1.40. The third kappa shape index (κ3) is 3.90. The molecule has 0 saturated carbocycles. The van der Waals surface area contributed by atoms with E-state index in [2.05, 4.69) is 10.3 Å². The fourth-order valence-corrected chi connectivity index (χ4v) is 3.62. The number of rotatable bonds is 5. The van der Waals surface area contributed by atoms with Gasteiger partial charge >= 0.3 is 0 Å². The van der Waals surface area contributed by atoms with Gasteiger partial charge in [0.25, 0.3) is 5.91 Å². The molecule has 0 unspecified atom stereocenters. The number of carbonyl (C=O) groups is 1. The Labute approximate surface area is 158 Å². The zero-order valence-electron chi connectivity index (χ0n) is 13.6. The Morgan fingerprint density at radius 1 is 1.31 bits per heavy atom. The van der Waals surface area contributed by atoms with E-state index in [1.54, 1.807) is 23.6 Å². The van der Waals surface area contributed by atoms with E-state index >= 15 is 0 Å². The third-order valence-electron chi connectivity index (χ3n) is 3.34. The van der Waals surface area contributed by atoms with Crippen LogP contribution in [0.3, 0.4) is 0 Å². The number of aromatic nitrogens is 1. The van der Waals surface area contributed by atoms with Crippen LogP contribution < -0.4 is 10.1 Å². The number of nitrogens with zero attached hydrogens (tertiary/aromatic N) is 1. The number of furan rings is 1. The number of benzene rings is 1. The normalized spacial score (nSPS) is 11.3. The molecule has 3 aromatic rings. The van der Waals surface area contributed by atoms with E-state index in [4.69, 9.17) is 20.8 Å². The van der Waals surface area contributed by atoms with E-state index in [-0.39, 0.29) is 10.9 Å². The summed E-state index contributed by atoms with van der Waals surface area (Å²) in [5, 5.41) is 4.86. The molecule has 136 valence electrons. The van der Waals surface area contributed by atoms with Crippen molar-refractivity contribution in [2.75, 3.05) is 18.7 Å². The molecular weight excluding hydrogens is 400 g/mol. The van der Waals surface area contributed by atoms with Gasteiger partial charge in [0.05, 0.1) is 17.8 Å². The van der Waals surface area contributed by atoms with Gasteiger partial charge < -0.3 is 9.15 Å². The van der Waals surface area contributed by atoms with Gasteiger partial charge in [-0.05, 0) is 30.3 Å². The Morgan fingerprint density at radius 3 is 2.69 bits per heavy atom. The van der Waals surface area contributed by atoms with Crippen LogP contribution in [0.5, 0.6) is 5.75 Å². The molecule has 0 fully saturated rings. The highest BCUT2D eigenvalue weighted by Gasteiger charge is 2.18. The van der Waals surface area contributed by atoms with Crippen molar-refractivity contribution < 1.29 is 22.4 Å². The maximum Gasteiger partial charge on any atom is 0.293 e. The predicted molar refractivity (Wildman–Crippen MR) is 98.9 cm³/mol. The standard InChI is InChI=1S/C16H13ClN2O5S2/c1-23-12-4-3-9(7-10(12)17)11-8-25-16(18-11)19-15(20)13-5-6-14(24-13)26(2,21)22/h3-8H,1-2H3,(H,18,19,20). The molecule has 0 radical (unpaired) electrons. The van der Waals surface area contributed by atoms with Crippen LogP contribution in [0, 0.1) is 0 Å². The number of sulfone groups is 1. The van der Waals surface area contributed by atoms with E-state index in [0.29, 0.717) is 21.6 Å². The molecule has 0 aliphatic carbocycles. The van der Waals surface area contributed by atoms with Gasteiger partial charge in [0.2, 0.25) is 14.9 Å². The Balaban J connectivity index is 1.77. The van der Waals surface area contributed by atoms with Crippen LogP contribution in [-0.4, -0.2) is 32.7 Å². The second kappa shape index (κ2) is 7.10. The molecule has 0 spiro atoms. The molecule has 1 amide bonds. The fourth-order valence-electron chi connectivity index (χ4n) is 2.09. The number of anilines is 1. The van der Waals surface area contributed by atoms with Crippen LogP contribution in [0.1, 0.15) is 10.6 Å². The number of hydrogen-bond donors (Lipinski definition) is 1. The van der Waals surface area contributed by atoms with Crippen LogP contribution in [0.2, 0.25) is 5.02 Å². The van der Waals surface area contributed by atoms with Gasteiger partial charge in [0.15, 0.2) is 10.9 Å². The topological polar surface area (TPSA) is 98.5 Å². The molecule has 0 atom stereocenters. The van der Waals surface area contributed by atoms with Crippen molar-refractivity contribution in [1.82, 2.24) is 4.98 Å². The van der Waals surface area contributed by atoms with Crippen molar-refractivity contribution in [3.63, 3.8) is 0 Å². The smallest absolute Gasteiger partial charge is 0.293 e. The maximum atomic E-state index is 12.2. The summed E-state index contributed by atoms with van der Waals surface area (Å²) in [6, 6.07) is 7.77. The van der Waals surface area contributed by atoms with Crippen molar-refractivity contribution in [1.29, 1.82) is 0 Å². The molecule has 1 N–H and O–H groups in total. The Bertz CT molecular complexity index is 1070. The lowest BCUT2D eigenvalue weighted by molar-refractivity contribution is 0.0991. The molecule has 0 bridgehead atoms. The summed E-state index contributed by atoms with van der Waals surface area (Å²) in [4.78, 5) is 16.5. The van der Waals surface area contributed by atoms with Gasteiger partial charge in [-0.25, -0.2) is 13.4 Å². The van der Waals surface area contributed by atoms with Crippen LogP contribution in [0.25, 0.3) is 11.3 Å². The molecule has 26 heavy (non-hydrogen) atoms. The average molecular weight is 413 g/mol. The Kier molecular flexibility index (Phi) is 5.03. The summed E-state index contributed by atoms with van der Waals surface area (Å²) < 4.78 is 33.0. The summed E-state index contributed by atoms with van der Waals surface area (Å²) in [5.74, 6) is -0.151. The summed E-state index contributed by atoms with van der Waals surface area (Å²) in [6.45, 7) is 0. The highest BCUT2D eigenvalue weighted by atomic mass is 35.5. The van der Waals surface area contributed by atoms with E-state index in [0.717, 1.165) is 11.8 Å². The minimum atomic E-state index is -3.51. The lowest BCUT2D eigenvalue weighted by Crippen LogP contribution is -2.10. The molecule has 2 aromatic heterocycles. The molecular formula is C16H13ClN2O5S2. The molecule has 10 heteroatoms. The minimum Gasteiger partial charge on any atom is -0.495 e. The first-order valence-electron chi connectivity index (χ1n) is 7.18. The lowest BCUT2D eigenvalue weighted by atomic mass is 10.2. The third-order valence-corrected chi connectivity index (χ3v) is 5.35. The molecule has 1 aromatic carbocycles. The first-order valence-corrected chi connectivity index (χ1v) is 10.3. The van der Waals surface area contributed by atoms with Crippen molar-refractivity contribution >= 4 is 43.8 Å². The first-order chi connectivity index (χ1) is 12.3. The molecule has 7 nitrogen and oxygen atoms in total. The van der Waals surface area contributed by atoms with Crippen molar-refractivity contribution in [2.45, 2.75) is 5.09 Å². The highest BCUT2D eigenvalue weighted by molar-refractivity contribution is 7.90. The molecule has 0 aliphatic heterocycles. The first kappa shape index (κ1) is 18.4. The zero-order valence-corrected chi connectivity index (χ0v) is 16.0. The maximum absolute atomic E-state index is 12.2. The Hall–Kier alpha value is -2.36. The lowest BCUT2D eigenvalue weighted by Gasteiger charge is -2.04. The summed E-state index contributed by atoms with van der Waals surface area (Å²) in [7, 11) is -1.98. The number of methoxy groups -OCH3 is 1. The number of halogens is 1. The zero-order chi connectivity index (χ0) is 18.9. The monoisotopic (exact) mass is 412 g/mol. The van der Waals surface area contributed by atoms with Gasteiger partial charge in [0.1, 0.15) is 5.75 Å².